The summed E-state index contributed by atoms with van der Waals surface area (Å²) in [4.78, 5) is 13.9. The second-order valence-electron chi connectivity index (χ2n) is 5.15. The van der Waals surface area contributed by atoms with Gasteiger partial charge in [0.1, 0.15) is 11.4 Å². The molecular weight excluding hydrogens is 218 g/mol. The van der Waals surface area contributed by atoms with Crippen LogP contribution in [0.5, 0.6) is 0 Å². The maximum atomic E-state index is 12.2. The van der Waals surface area contributed by atoms with E-state index in [1.807, 2.05) is 6.92 Å². The SMILES string of the molecule is CCc1occc1C(=O)N1CC(O)(C2CC2)C1. The number of rotatable bonds is 3. The molecule has 1 aliphatic heterocycles. The summed E-state index contributed by atoms with van der Waals surface area (Å²) in [6.07, 6.45) is 4.47. The fourth-order valence-corrected chi connectivity index (χ4v) is 2.61. The highest BCUT2D eigenvalue weighted by atomic mass is 16.3. The van der Waals surface area contributed by atoms with E-state index in [1.54, 1.807) is 17.2 Å². The minimum absolute atomic E-state index is 0.0130. The number of hydrogen-bond acceptors (Lipinski definition) is 3. The van der Waals surface area contributed by atoms with Gasteiger partial charge in [-0.3, -0.25) is 4.79 Å². The molecule has 0 unspecified atom stereocenters. The van der Waals surface area contributed by atoms with Crippen LogP contribution in [-0.4, -0.2) is 34.6 Å². The highest BCUT2D eigenvalue weighted by Gasteiger charge is 2.53. The smallest absolute Gasteiger partial charge is 0.257 e. The van der Waals surface area contributed by atoms with Crippen molar-refractivity contribution >= 4 is 5.91 Å². The van der Waals surface area contributed by atoms with Gasteiger partial charge in [0.05, 0.1) is 24.9 Å². The van der Waals surface area contributed by atoms with Gasteiger partial charge in [0.25, 0.3) is 5.91 Å². The summed E-state index contributed by atoms with van der Waals surface area (Å²) in [6.45, 7) is 2.92. The molecule has 2 fully saturated rings. The van der Waals surface area contributed by atoms with Crippen LogP contribution in [0.2, 0.25) is 0 Å². The lowest BCUT2D eigenvalue weighted by atomic mass is 9.88. The average Bonchev–Trinajstić information content (AvgIpc) is 3.02. The number of furan rings is 1. The van der Waals surface area contributed by atoms with Gasteiger partial charge in [-0.15, -0.1) is 0 Å². The van der Waals surface area contributed by atoms with Crippen LogP contribution in [0.25, 0.3) is 0 Å². The third-order valence-corrected chi connectivity index (χ3v) is 3.85. The Bertz CT molecular complexity index is 441. The number of hydrogen-bond donors (Lipinski definition) is 1. The molecule has 17 heavy (non-hydrogen) atoms. The largest absolute Gasteiger partial charge is 0.469 e. The normalized spacial score (nSPS) is 22.4. The van der Waals surface area contributed by atoms with E-state index in [0.29, 0.717) is 24.6 Å². The van der Waals surface area contributed by atoms with Gasteiger partial charge in [0.2, 0.25) is 0 Å². The summed E-state index contributed by atoms with van der Waals surface area (Å²) in [5.74, 6) is 1.14. The minimum atomic E-state index is -0.605. The molecule has 1 N–H and O–H groups in total. The minimum Gasteiger partial charge on any atom is -0.469 e. The fourth-order valence-electron chi connectivity index (χ4n) is 2.61. The number of carbonyl (C=O) groups excluding carboxylic acids is 1. The first-order valence-corrected chi connectivity index (χ1v) is 6.22. The molecule has 1 saturated heterocycles. The van der Waals surface area contributed by atoms with Crippen LogP contribution in [0.1, 0.15) is 35.9 Å². The molecule has 1 aromatic heterocycles. The van der Waals surface area contributed by atoms with Crippen molar-refractivity contribution < 1.29 is 14.3 Å². The van der Waals surface area contributed by atoms with E-state index >= 15 is 0 Å². The zero-order chi connectivity index (χ0) is 12.0. The average molecular weight is 235 g/mol. The first-order valence-electron chi connectivity index (χ1n) is 6.22. The molecule has 2 heterocycles. The molecule has 92 valence electrons. The van der Waals surface area contributed by atoms with E-state index in [9.17, 15) is 9.90 Å². The highest BCUT2D eigenvalue weighted by Crippen LogP contribution is 2.44. The molecule has 1 aliphatic carbocycles. The number of likely N-dealkylation sites (tertiary alicyclic amines) is 1. The van der Waals surface area contributed by atoms with Gasteiger partial charge >= 0.3 is 0 Å². The summed E-state index contributed by atoms with van der Waals surface area (Å²) in [5.41, 5.74) is 0.0385. The molecule has 3 rings (SSSR count). The summed E-state index contributed by atoms with van der Waals surface area (Å²) >= 11 is 0. The molecule has 1 aromatic rings. The Morgan fingerprint density at radius 1 is 1.59 bits per heavy atom. The van der Waals surface area contributed by atoms with Crippen molar-refractivity contribution in [1.82, 2.24) is 4.90 Å². The summed E-state index contributed by atoms with van der Waals surface area (Å²) < 4.78 is 5.26. The van der Waals surface area contributed by atoms with Crippen molar-refractivity contribution in [3.8, 4) is 0 Å². The van der Waals surface area contributed by atoms with Crippen molar-refractivity contribution in [3.63, 3.8) is 0 Å². The van der Waals surface area contributed by atoms with Crippen LogP contribution in [-0.2, 0) is 6.42 Å². The number of aliphatic hydroxyl groups is 1. The zero-order valence-corrected chi connectivity index (χ0v) is 9.98. The van der Waals surface area contributed by atoms with Crippen molar-refractivity contribution in [2.24, 2.45) is 5.92 Å². The molecule has 4 heteroatoms. The van der Waals surface area contributed by atoms with Crippen LogP contribution < -0.4 is 0 Å². The van der Waals surface area contributed by atoms with Crippen LogP contribution in [0.4, 0.5) is 0 Å². The molecular formula is C13H17NO3. The fraction of sp³-hybridized carbons (Fsp3) is 0.615. The van der Waals surface area contributed by atoms with E-state index in [2.05, 4.69) is 0 Å². The summed E-state index contributed by atoms with van der Waals surface area (Å²) in [5, 5.41) is 10.2. The van der Waals surface area contributed by atoms with E-state index in [0.717, 1.165) is 25.0 Å². The van der Waals surface area contributed by atoms with Crippen molar-refractivity contribution in [2.75, 3.05) is 13.1 Å². The Morgan fingerprint density at radius 2 is 2.29 bits per heavy atom. The zero-order valence-electron chi connectivity index (χ0n) is 9.98. The van der Waals surface area contributed by atoms with Gasteiger partial charge in [-0.2, -0.15) is 0 Å². The number of β-amino-alcohol motifs (C(OH)–C–C–N with tert-alkyl or cyclic N) is 1. The molecule has 1 amide bonds. The van der Waals surface area contributed by atoms with E-state index in [4.69, 9.17) is 4.42 Å². The maximum Gasteiger partial charge on any atom is 0.257 e. The summed E-state index contributed by atoms with van der Waals surface area (Å²) in [7, 11) is 0. The third-order valence-electron chi connectivity index (χ3n) is 3.85. The predicted octanol–water partition coefficient (Wildman–Crippen LogP) is 1.44. The number of carbonyl (C=O) groups is 1. The molecule has 0 spiro atoms. The van der Waals surface area contributed by atoms with Crippen molar-refractivity contribution in [1.29, 1.82) is 0 Å². The summed E-state index contributed by atoms with van der Waals surface area (Å²) in [6, 6.07) is 1.72. The molecule has 0 radical (unpaired) electrons. The Kier molecular flexibility index (Phi) is 2.30. The van der Waals surface area contributed by atoms with Gasteiger partial charge in [-0.1, -0.05) is 6.92 Å². The maximum absolute atomic E-state index is 12.2. The first-order chi connectivity index (χ1) is 8.14. The van der Waals surface area contributed by atoms with Gasteiger partial charge < -0.3 is 14.4 Å². The van der Waals surface area contributed by atoms with Crippen LogP contribution in [0.15, 0.2) is 16.7 Å². The van der Waals surface area contributed by atoms with E-state index in [1.165, 1.54) is 0 Å². The van der Waals surface area contributed by atoms with E-state index < -0.39 is 5.60 Å². The van der Waals surface area contributed by atoms with Crippen LogP contribution in [0.3, 0.4) is 0 Å². The van der Waals surface area contributed by atoms with Crippen LogP contribution >= 0.6 is 0 Å². The third kappa shape index (κ3) is 1.67. The predicted molar refractivity (Wildman–Crippen MR) is 61.7 cm³/mol. The number of amides is 1. The molecule has 0 atom stereocenters. The quantitative estimate of drug-likeness (QED) is 0.862. The highest BCUT2D eigenvalue weighted by molar-refractivity contribution is 5.95. The van der Waals surface area contributed by atoms with Crippen molar-refractivity contribution in [3.05, 3.63) is 23.7 Å². The first kappa shape index (κ1) is 10.8. The second kappa shape index (κ2) is 3.60. The molecule has 2 aliphatic rings. The Hall–Kier alpha value is -1.29. The van der Waals surface area contributed by atoms with E-state index in [-0.39, 0.29) is 5.91 Å². The Morgan fingerprint density at radius 3 is 2.88 bits per heavy atom. The van der Waals surface area contributed by atoms with Gasteiger partial charge in [0, 0.05) is 6.42 Å². The van der Waals surface area contributed by atoms with Crippen LogP contribution in [0, 0.1) is 5.92 Å². The standard InChI is InChI=1S/C13H17NO3/c1-2-11-10(5-6-17-11)12(15)14-7-13(16,8-14)9-3-4-9/h5-6,9,16H,2-4,7-8H2,1H3. The lowest BCUT2D eigenvalue weighted by molar-refractivity contribution is -0.0958. The monoisotopic (exact) mass is 235 g/mol. The molecule has 0 aromatic carbocycles. The van der Waals surface area contributed by atoms with Gasteiger partial charge in [-0.25, -0.2) is 0 Å². The van der Waals surface area contributed by atoms with Gasteiger partial charge in [0.15, 0.2) is 0 Å². The Balaban J connectivity index is 1.69. The molecule has 4 nitrogen and oxygen atoms in total. The van der Waals surface area contributed by atoms with Gasteiger partial charge in [-0.05, 0) is 24.8 Å². The molecule has 1 saturated carbocycles. The topological polar surface area (TPSA) is 53.7 Å². The molecule has 0 bridgehead atoms. The van der Waals surface area contributed by atoms with Crippen molar-refractivity contribution in [2.45, 2.75) is 31.8 Å². The number of aryl methyl sites for hydroxylation is 1. The lowest BCUT2D eigenvalue weighted by Crippen LogP contribution is -2.64. The Labute approximate surface area is 100 Å². The second-order valence-corrected chi connectivity index (χ2v) is 5.15. The lowest BCUT2D eigenvalue weighted by Gasteiger charge is -2.46. The number of nitrogens with zero attached hydrogens (tertiary/aromatic N) is 1.